The van der Waals surface area contributed by atoms with Crippen LogP contribution in [0.2, 0.25) is 0 Å². The summed E-state index contributed by atoms with van der Waals surface area (Å²) in [5.41, 5.74) is 3.44. The molecule has 0 radical (unpaired) electrons. The summed E-state index contributed by atoms with van der Waals surface area (Å²) in [6.07, 6.45) is 1.51. The Hall–Kier alpha value is -3.07. The van der Waals surface area contributed by atoms with Crippen molar-refractivity contribution in [2.75, 3.05) is 27.9 Å². The molecular formula is C19H20BrN3O5. The fourth-order valence-corrected chi connectivity index (χ4v) is 2.51. The predicted molar refractivity (Wildman–Crippen MR) is 108 cm³/mol. The summed E-state index contributed by atoms with van der Waals surface area (Å²) >= 11 is 3.34. The Morgan fingerprint density at radius 3 is 2.18 bits per heavy atom. The Morgan fingerprint density at radius 2 is 1.64 bits per heavy atom. The summed E-state index contributed by atoms with van der Waals surface area (Å²) in [5, 5.41) is 6.36. The molecule has 0 aliphatic carbocycles. The molecule has 2 rings (SSSR count). The van der Waals surface area contributed by atoms with Crippen molar-refractivity contribution in [1.82, 2.24) is 10.7 Å². The Balaban J connectivity index is 1.94. The average molecular weight is 450 g/mol. The molecule has 0 atom stereocenters. The molecule has 148 valence electrons. The number of hydrogen-bond donors (Lipinski definition) is 2. The molecule has 2 aromatic rings. The summed E-state index contributed by atoms with van der Waals surface area (Å²) in [7, 11) is 4.38. The van der Waals surface area contributed by atoms with Crippen LogP contribution in [-0.4, -0.2) is 45.9 Å². The van der Waals surface area contributed by atoms with Crippen LogP contribution in [0.3, 0.4) is 0 Å². The molecule has 0 aliphatic rings. The van der Waals surface area contributed by atoms with E-state index >= 15 is 0 Å². The van der Waals surface area contributed by atoms with Crippen molar-refractivity contribution in [3.63, 3.8) is 0 Å². The smallest absolute Gasteiger partial charge is 0.259 e. The monoisotopic (exact) mass is 449 g/mol. The van der Waals surface area contributed by atoms with Gasteiger partial charge in [0.05, 0.1) is 34.1 Å². The van der Waals surface area contributed by atoms with Crippen LogP contribution in [-0.2, 0) is 4.79 Å². The molecule has 2 N–H and O–H groups in total. The Labute approximate surface area is 171 Å². The van der Waals surface area contributed by atoms with Crippen LogP contribution in [0.4, 0.5) is 0 Å². The third-order valence-electron chi connectivity index (χ3n) is 3.61. The Kier molecular flexibility index (Phi) is 7.82. The number of amides is 2. The standard InChI is InChI=1S/C19H20BrN3O5/c1-26-15-8-13(9-16(27-2)18(15)28-3)19(25)21-11-17(24)23-22-10-12-4-6-14(20)7-5-12/h4-10H,11H2,1-3H3,(H,21,25)(H,23,24)/b22-10-. The number of hydrogen-bond acceptors (Lipinski definition) is 6. The van der Waals surface area contributed by atoms with Gasteiger partial charge in [0.2, 0.25) is 5.75 Å². The van der Waals surface area contributed by atoms with Crippen molar-refractivity contribution in [3.05, 3.63) is 52.0 Å². The summed E-state index contributed by atoms with van der Waals surface area (Å²) in [5.74, 6) is 0.133. The number of methoxy groups -OCH3 is 3. The minimum absolute atomic E-state index is 0.243. The molecule has 0 aliphatic heterocycles. The van der Waals surface area contributed by atoms with Gasteiger partial charge in [0, 0.05) is 10.0 Å². The minimum atomic E-state index is -0.466. The van der Waals surface area contributed by atoms with E-state index in [9.17, 15) is 9.59 Å². The topological polar surface area (TPSA) is 98.2 Å². The van der Waals surface area contributed by atoms with Crippen LogP contribution >= 0.6 is 15.9 Å². The van der Waals surface area contributed by atoms with E-state index in [0.717, 1.165) is 10.0 Å². The van der Waals surface area contributed by atoms with Gasteiger partial charge < -0.3 is 19.5 Å². The number of halogens is 1. The third kappa shape index (κ3) is 5.71. The van der Waals surface area contributed by atoms with Gasteiger partial charge in [0.1, 0.15) is 0 Å². The van der Waals surface area contributed by atoms with Crippen molar-refractivity contribution >= 4 is 34.0 Å². The lowest BCUT2D eigenvalue weighted by molar-refractivity contribution is -0.120. The summed E-state index contributed by atoms with van der Waals surface area (Å²) < 4.78 is 16.6. The fraction of sp³-hybridized carbons (Fsp3) is 0.211. The normalized spacial score (nSPS) is 10.4. The van der Waals surface area contributed by atoms with Gasteiger partial charge in [-0.3, -0.25) is 9.59 Å². The Bertz CT molecular complexity index is 843. The highest BCUT2D eigenvalue weighted by atomic mass is 79.9. The Morgan fingerprint density at radius 1 is 1.04 bits per heavy atom. The molecule has 0 aromatic heterocycles. The number of rotatable bonds is 8. The van der Waals surface area contributed by atoms with E-state index in [2.05, 4.69) is 31.8 Å². The molecule has 0 saturated heterocycles. The minimum Gasteiger partial charge on any atom is -0.493 e. The number of carbonyl (C=O) groups is 2. The fourth-order valence-electron chi connectivity index (χ4n) is 2.24. The first-order valence-electron chi connectivity index (χ1n) is 8.14. The quantitative estimate of drug-likeness (QED) is 0.476. The molecule has 0 heterocycles. The average Bonchev–Trinajstić information content (AvgIpc) is 2.72. The highest BCUT2D eigenvalue weighted by Gasteiger charge is 2.17. The van der Waals surface area contributed by atoms with E-state index in [0.29, 0.717) is 17.2 Å². The van der Waals surface area contributed by atoms with E-state index in [1.165, 1.54) is 39.7 Å². The van der Waals surface area contributed by atoms with Crippen molar-refractivity contribution in [2.24, 2.45) is 5.10 Å². The largest absolute Gasteiger partial charge is 0.493 e. The van der Waals surface area contributed by atoms with Crippen LogP contribution < -0.4 is 25.0 Å². The van der Waals surface area contributed by atoms with Gasteiger partial charge in [-0.15, -0.1) is 0 Å². The first-order valence-corrected chi connectivity index (χ1v) is 8.93. The second-order valence-corrected chi connectivity index (χ2v) is 6.36. The third-order valence-corrected chi connectivity index (χ3v) is 4.14. The lowest BCUT2D eigenvalue weighted by Gasteiger charge is -2.14. The van der Waals surface area contributed by atoms with E-state index in [-0.39, 0.29) is 12.1 Å². The maximum atomic E-state index is 12.3. The first kappa shape index (κ1) is 21.2. The zero-order chi connectivity index (χ0) is 20.5. The van der Waals surface area contributed by atoms with Crippen LogP contribution in [0, 0.1) is 0 Å². The molecule has 0 spiro atoms. The first-order chi connectivity index (χ1) is 13.5. The van der Waals surface area contributed by atoms with Crippen molar-refractivity contribution in [3.8, 4) is 17.2 Å². The number of ether oxygens (including phenoxy) is 3. The van der Waals surface area contributed by atoms with E-state index in [4.69, 9.17) is 14.2 Å². The van der Waals surface area contributed by atoms with E-state index in [1.807, 2.05) is 24.3 Å². The zero-order valence-electron chi connectivity index (χ0n) is 15.6. The molecule has 2 aromatic carbocycles. The lowest BCUT2D eigenvalue weighted by atomic mass is 10.1. The summed E-state index contributed by atoms with van der Waals surface area (Å²) in [6, 6.07) is 10.4. The molecule has 2 amide bonds. The van der Waals surface area contributed by atoms with E-state index in [1.54, 1.807) is 0 Å². The van der Waals surface area contributed by atoms with Crippen LogP contribution in [0.1, 0.15) is 15.9 Å². The van der Waals surface area contributed by atoms with Gasteiger partial charge in [0.15, 0.2) is 11.5 Å². The second kappa shape index (κ2) is 10.3. The van der Waals surface area contributed by atoms with Gasteiger partial charge in [-0.05, 0) is 29.8 Å². The SMILES string of the molecule is COc1cc(C(=O)NCC(=O)N/N=C\c2ccc(Br)cc2)cc(OC)c1OC. The van der Waals surface area contributed by atoms with Gasteiger partial charge in [-0.25, -0.2) is 5.43 Å². The highest BCUT2D eigenvalue weighted by Crippen LogP contribution is 2.38. The number of carbonyl (C=O) groups excluding carboxylic acids is 2. The van der Waals surface area contributed by atoms with Crippen molar-refractivity contribution in [2.45, 2.75) is 0 Å². The van der Waals surface area contributed by atoms with Crippen molar-refractivity contribution in [1.29, 1.82) is 0 Å². The molecule has 0 unspecified atom stereocenters. The van der Waals surface area contributed by atoms with Gasteiger partial charge >= 0.3 is 0 Å². The van der Waals surface area contributed by atoms with Gasteiger partial charge in [-0.2, -0.15) is 5.10 Å². The molecule has 0 bridgehead atoms. The van der Waals surface area contributed by atoms with Crippen LogP contribution in [0.25, 0.3) is 0 Å². The molecule has 28 heavy (non-hydrogen) atoms. The number of nitrogens with one attached hydrogen (secondary N) is 2. The van der Waals surface area contributed by atoms with E-state index < -0.39 is 11.8 Å². The molecule has 9 heteroatoms. The van der Waals surface area contributed by atoms with Gasteiger partial charge in [0.25, 0.3) is 11.8 Å². The summed E-state index contributed by atoms with van der Waals surface area (Å²) in [4.78, 5) is 24.2. The van der Waals surface area contributed by atoms with Crippen LogP contribution in [0.15, 0.2) is 46.0 Å². The maximum Gasteiger partial charge on any atom is 0.259 e. The lowest BCUT2D eigenvalue weighted by Crippen LogP contribution is -2.34. The molecule has 8 nitrogen and oxygen atoms in total. The number of hydrazone groups is 1. The molecule has 0 saturated carbocycles. The summed E-state index contributed by atoms with van der Waals surface area (Å²) in [6.45, 7) is -0.243. The highest BCUT2D eigenvalue weighted by molar-refractivity contribution is 9.10. The zero-order valence-corrected chi connectivity index (χ0v) is 17.2. The number of nitrogens with zero attached hydrogens (tertiary/aromatic N) is 1. The van der Waals surface area contributed by atoms with Crippen molar-refractivity contribution < 1.29 is 23.8 Å². The second-order valence-electron chi connectivity index (χ2n) is 5.44. The van der Waals surface area contributed by atoms with Gasteiger partial charge in [-0.1, -0.05) is 28.1 Å². The molecule has 0 fully saturated rings. The van der Waals surface area contributed by atoms with Crippen LogP contribution in [0.5, 0.6) is 17.2 Å². The predicted octanol–water partition coefficient (Wildman–Crippen LogP) is 2.36. The molecular weight excluding hydrogens is 430 g/mol. The maximum absolute atomic E-state index is 12.3. The number of benzene rings is 2.